The Labute approximate surface area is 201 Å². The second-order valence-corrected chi connectivity index (χ2v) is 7.69. The summed E-state index contributed by atoms with van der Waals surface area (Å²) in [7, 11) is 0. The Hall–Kier alpha value is -4.58. The summed E-state index contributed by atoms with van der Waals surface area (Å²) >= 11 is 3.19. The number of aromatic hydroxyl groups is 1. The molecule has 4 N–H and O–H groups in total. The molecule has 0 aliphatic rings. The fourth-order valence-corrected chi connectivity index (χ4v) is 3.30. The van der Waals surface area contributed by atoms with Crippen LogP contribution in [0.5, 0.6) is 5.75 Å². The number of hydrogen-bond donors (Lipinski definition) is 4. The minimum Gasteiger partial charge on any atom is -0.502 e. The third-order valence-corrected chi connectivity index (χ3v) is 4.80. The van der Waals surface area contributed by atoms with Crippen molar-refractivity contribution in [3.63, 3.8) is 0 Å². The Morgan fingerprint density at radius 2 is 1.41 bits per heavy atom. The summed E-state index contributed by atoms with van der Waals surface area (Å²) in [6.45, 7) is 0. The SMILES string of the molecule is O=[N+]([O-])c1cc(Br)cc(/C=N\Nc2nc(Nc3ccccc3)nc(Nc3ccccc3)n2)c1O. The molecule has 3 aromatic carbocycles. The number of nitro groups is 1. The lowest BCUT2D eigenvalue weighted by atomic mass is 10.2. The van der Waals surface area contributed by atoms with Gasteiger partial charge >= 0.3 is 5.69 Å². The van der Waals surface area contributed by atoms with Crippen LogP contribution in [0.1, 0.15) is 5.56 Å². The summed E-state index contributed by atoms with van der Waals surface area (Å²) in [6, 6.07) is 21.4. The number of aromatic nitrogens is 3. The highest BCUT2D eigenvalue weighted by molar-refractivity contribution is 9.10. The van der Waals surface area contributed by atoms with Gasteiger partial charge < -0.3 is 15.7 Å². The minimum absolute atomic E-state index is 0.104. The van der Waals surface area contributed by atoms with Gasteiger partial charge in [-0.25, -0.2) is 5.43 Å². The molecule has 0 saturated heterocycles. The summed E-state index contributed by atoms with van der Waals surface area (Å²) in [5.74, 6) is 0.121. The van der Waals surface area contributed by atoms with Crippen LogP contribution in [-0.4, -0.2) is 31.2 Å². The van der Waals surface area contributed by atoms with Gasteiger partial charge in [0.25, 0.3) is 0 Å². The van der Waals surface area contributed by atoms with Crippen molar-refractivity contribution in [2.75, 3.05) is 16.1 Å². The number of anilines is 5. The second-order valence-electron chi connectivity index (χ2n) is 6.78. The zero-order valence-electron chi connectivity index (χ0n) is 17.4. The molecule has 4 rings (SSSR count). The maximum atomic E-state index is 11.1. The van der Waals surface area contributed by atoms with Crippen molar-refractivity contribution in [2.24, 2.45) is 5.10 Å². The number of rotatable bonds is 8. The van der Waals surface area contributed by atoms with Crippen LogP contribution in [-0.2, 0) is 0 Å². The third-order valence-electron chi connectivity index (χ3n) is 4.34. The predicted octanol–water partition coefficient (Wildman–Crippen LogP) is 5.18. The molecule has 0 bridgehead atoms. The Morgan fingerprint density at radius 3 is 1.94 bits per heavy atom. The van der Waals surface area contributed by atoms with Gasteiger partial charge in [-0.15, -0.1) is 0 Å². The van der Waals surface area contributed by atoms with Gasteiger partial charge in [0.05, 0.1) is 11.1 Å². The Morgan fingerprint density at radius 1 is 0.882 bits per heavy atom. The van der Waals surface area contributed by atoms with E-state index in [2.05, 4.69) is 52.0 Å². The van der Waals surface area contributed by atoms with Crippen LogP contribution in [0.2, 0.25) is 0 Å². The van der Waals surface area contributed by atoms with Crippen LogP contribution >= 0.6 is 15.9 Å². The van der Waals surface area contributed by atoms with E-state index in [1.165, 1.54) is 18.3 Å². The van der Waals surface area contributed by atoms with E-state index in [1.807, 2.05) is 60.7 Å². The maximum Gasteiger partial charge on any atom is 0.312 e. The average molecular weight is 521 g/mol. The third kappa shape index (κ3) is 5.81. The van der Waals surface area contributed by atoms with E-state index in [9.17, 15) is 15.2 Å². The predicted molar refractivity (Wildman–Crippen MR) is 133 cm³/mol. The van der Waals surface area contributed by atoms with E-state index in [0.29, 0.717) is 4.47 Å². The van der Waals surface area contributed by atoms with Crippen molar-refractivity contribution in [1.29, 1.82) is 0 Å². The van der Waals surface area contributed by atoms with Gasteiger partial charge in [-0.3, -0.25) is 10.1 Å². The summed E-state index contributed by atoms with van der Waals surface area (Å²) in [6.07, 6.45) is 1.23. The fourth-order valence-electron chi connectivity index (χ4n) is 2.84. The van der Waals surface area contributed by atoms with Crippen molar-refractivity contribution in [3.05, 3.63) is 92.9 Å². The summed E-state index contributed by atoms with van der Waals surface area (Å²) in [5.41, 5.74) is 3.92. The lowest BCUT2D eigenvalue weighted by molar-refractivity contribution is -0.385. The van der Waals surface area contributed by atoms with E-state index < -0.39 is 16.4 Å². The molecule has 1 aromatic heterocycles. The molecule has 0 unspecified atom stereocenters. The van der Waals surface area contributed by atoms with E-state index in [1.54, 1.807) is 0 Å². The molecule has 0 saturated carbocycles. The van der Waals surface area contributed by atoms with Crippen LogP contribution in [0.4, 0.5) is 34.9 Å². The highest BCUT2D eigenvalue weighted by atomic mass is 79.9. The lowest BCUT2D eigenvalue weighted by Gasteiger charge is -2.10. The van der Waals surface area contributed by atoms with Gasteiger partial charge in [0.1, 0.15) is 0 Å². The number of nitrogens with zero attached hydrogens (tertiary/aromatic N) is 5. The number of para-hydroxylation sites is 2. The van der Waals surface area contributed by atoms with Crippen molar-refractivity contribution >= 4 is 57.1 Å². The lowest BCUT2D eigenvalue weighted by Crippen LogP contribution is -2.07. The molecule has 34 heavy (non-hydrogen) atoms. The molecule has 0 aliphatic heterocycles. The number of hydrazone groups is 1. The first-order valence-corrected chi connectivity index (χ1v) is 10.6. The molecule has 4 aromatic rings. The molecule has 11 nitrogen and oxygen atoms in total. The van der Waals surface area contributed by atoms with Crippen molar-refractivity contribution in [1.82, 2.24) is 15.0 Å². The molecular formula is C22H17BrN8O3. The van der Waals surface area contributed by atoms with Gasteiger partial charge in [-0.05, 0) is 30.3 Å². The zero-order valence-corrected chi connectivity index (χ0v) is 19.0. The smallest absolute Gasteiger partial charge is 0.312 e. The van der Waals surface area contributed by atoms with E-state index in [0.717, 1.165) is 11.4 Å². The highest BCUT2D eigenvalue weighted by Gasteiger charge is 2.17. The quantitative estimate of drug-likeness (QED) is 0.140. The molecule has 0 atom stereocenters. The van der Waals surface area contributed by atoms with E-state index >= 15 is 0 Å². The number of halogens is 1. The zero-order chi connectivity index (χ0) is 23.9. The monoisotopic (exact) mass is 520 g/mol. The molecule has 12 heteroatoms. The summed E-state index contributed by atoms with van der Waals surface area (Å²) in [4.78, 5) is 23.4. The van der Waals surface area contributed by atoms with Crippen LogP contribution < -0.4 is 16.1 Å². The Kier molecular flexibility index (Phi) is 6.89. The molecular weight excluding hydrogens is 504 g/mol. The molecule has 0 fully saturated rings. The summed E-state index contributed by atoms with van der Waals surface area (Å²) < 4.78 is 0.419. The number of nitrogens with one attached hydrogen (secondary N) is 3. The number of hydrogen-bond acceptors (Lipinski definition) is 10. The number of nitro benzene ring substituents is 1. The van der Waals surface area contributed by atoms with Crippen LogP contribution in [0.25, 0.3) is 0 Å². The first kappa shape index (κ1) is 22.6. The first-order valence-electron chi connectivity index (χ1n) is 9.84. The van der Waals surface area contributed by atoms with E-state index in [4.69, 9.17) is 0 Å². The van der Waals surface area contributed by atoms with Gasteiger partial charge in [-0.2, -0.15) is 20.1 Å². The normalized spacial score (nSPS) is 10.7. The van der Waals surface area contributed by atoms with Gasteiger partial charge in [0.2, 0.25) is 23.6 Å². The summed E-state index contributed by atoms with van der Waals surface area (Å²) in [5, 5.41) is 31.5. The van der Waals surface area contributed by atoms with E-state index in [-0.39, 0.29) is 23.4 Å². The van der Waals surface area contributed by atoms with Crippen molar-refractivity contribution in [2.45, 2.75) is 0 Å². The minimum atomic E-state index is -0.681. The molecule has 0 aliphatic carbocycles. The first-order chi connectivity index (χ1) is 16.5. The van der Waals surface area contributed by atoms with Crippen molar-refractivity contribution in [3.8, 4) is 5.75 Å². The number of phenols is 1. The molecule has 1 heterocycles. The maximum absolute atomic E-state index is 11.1. The second kappa shape index (κ2) is 10.4. The van der Waals surface area contributed by atoms with Gasteiger partial charge in [0.15, 0.2) is 0 Å². The Bertz CT molecular complexity index is 1280. The molecule has 0 spiro atoms. The molecule has 170 valence electrons. The van der Waals surface area contributed by atoms with Crippen LogP contribution in [0, 0.1) is 10.1 Å². The fraction of sp³-hybridized carbons (Fsp3) is 0. The standard InChI is InChI=1S/C22H17BrN8O3/c23-15-11-14(19(32)18(12-15)31(33)34)13-24-30-22-28-20(25-16-7-3-1-4-8-16)27-21(29-22)26-17-9-5-2-6-10-17/h1-13,32H,(H3,25,26,27,28,29,30)/b24-13-. The topological polar surface area (TPSA) is 150 Å². The van der Waals surface area contributed by atoms with Crippen LogP contribution in [0.15, 0.2) is 82.4 Å². The number of benzene rings is 3. The largest absolute Gasteiger partial charge is 0.502 e. The van der Waals surface area contributed by atoms with Gasteiger partial charge in [0, 0.05) is 27.5 Å². The molecule has 0 amide bonds. The van der Waals surface area contributed by atoms with Crippen molar-refractivity contribution < 1.29 is 10.0 Å². The molecule has 0 radical (unpaired) electrons. The highest BCUT2D eigenvalue weighted by Crippen LogP contribution is 2.32. The Balaban J connectivity index is 1.61. The number of phenolic OH excluding ortho intramolecular Hbond substituents is 1. The average Bonchev–Trinajstić information content (AvgIpc) is 2.82. The van der Waals surface area contributed by atoms with Crippen LogP contribution in [0.3, 0.4) is 0 Å². The van der Waals surface area contributed by atoms with Gasteiger partial charge in [-0.1, -0.05) is 52.3 Å².